The first kappa shape index (κ1) is 24.9. The van der Waals surface area contributed by atoms with Crippen LogP contribution in [0.2, 0.25) is 0 Å². The Morgan fingerprint density at radius 2 is 1.53 bits per heavy atom. The van der Waals surface area contributed by atoms with E-state index in [2.05, 4.69) is 4.98 Å². The van der Waals surface area contributed by atoms with Crippen molar-refractivity contribution in [3.8, 4) is 11.5 Å². The van der Waals surface area contributed by atoms with E-state index in [1.54, 1.807) is 43.2 Å². The van der Waals surface area contributed by atoms with Gasteiger partial charge in [0.05, 0.1) is 32.4 Å². The number of nitrogens with one attached hydrogen (secondary N) is 1. The molecular formula is C27H32N2O5. The third-order valence-electron chi connectivity index (χ3n) is 5.60. The van der Waals surface area contributed by atoms with Gasteiger partial charge < -0.3 is 24.1 Å². The van der Waals surface area contributed by atoms with Crippen LogP contribution in [0.4, 0.5) is 0 Å². The summed E-state index contributed by atoms with van der Waals surface area (Å²) in [6, 6.07) is 14.8. The number of ether oxygens (including phenoxy) is 3. The minimum Gasteiger partial charge on any atom is -0.497 e. The number of aromatic nitrogens is 1. The Morgan fingerprint density at radius 3 is 2.12 bits per heavy atom. The molecule has 2 aromatic carbocycles. The molecule has 3 rings (SSSR count). The van der Waals surface area contributed by atoms with Crippen molar-refractivity contribution in [3.05, 3.63) is 82.2 Å². The van der Waals surface area contributed by atoms with Crippen LogP contribution in [0.5, 0.6) is 11.5 Å². The number of methoxy groups -OCH3 is 1. The van der Waals surface area contributed by atoms with E-state index < -0.39 is 0 Å². The second-order valence-electron chi connectivity index (χ2n) is 7.92. The van der Waals surface area contributed by atoms with E-state index >= 15 is 0 Å². The van der Waals surface area contributed by atoms with E-state index in [4.69, 9.17) is 14.2 Å². The van der Waals surface area contributed by atoms with E-state index in [1.807, 2.05) is 45.0 Å². The minimum atomic E-state index is -0.362. The second kappa shape index (κ2) is 11.4. The molecular weight excluding hydrogens is 432 g/mol. The first-order chi connectivity index (χ1) is 16.4. The Hall–Kier alpha value is -3.74. The Morgan fingerprint density at radius 1 is 0.882 bits per heavy atom. The zero-order valence-corrected chi connectivity index (χ0v) is 20.4. The molecule has 0 saturated carbocycles. The maximum atomic E-state index is 13.5. The molecule has 1 amide bonds. The summed E-state index contributed by atoms with van der Waals surface area (Å²) < 4.78 is 16.0. The van der Waals surface area contributed by atoms with Gasteiger partial charge in [0.2, 0.25) is 0 Å². The highest BCUT2D eigenvalue weighted by Gasteiger charge is 2.23. The molecule has 0 bridgehead atoms. The SMILES string of the molecule is CCOC(=O)c1c(C)[nH]c(CN(Cc2ccc(OC)cc2)C(=O)c2ccc(OCC)cc2)c1C. The zero-order chi connectivity index (χ0) is 24.7. The fourth-order valence-electron chi connectivity index (χ4n) is 3.87. The summed E-state index contributed by atoms with van der Waals surface area (Å²) in [7, 11) is 1.62. The minimum absolute atomic E-state index is 0.122. The first-order valence-electron chi connectivity index (χ1n) is 11.4. The number of esters is 1. The maximum Gasteiger partial charge on any atom is 0.340 e. The quantitative estimate of drug-likeness (QED) is 0.424. The number of nitrogens with zero attached hydrogens (tertiary/aromatic N) is 1. The molecule has 7 heteroatoms. The van der Waals surface area contributed by atoms with Gasteiger partial charge in [0.15, 0.2) is 0 Å². The van der Waals surface area contributed by atoms with Gasteiger partial charge in [0, 0.05) is 23.5 Å². The molecule has 0 radical (unpaired) electrons. The normalized spacial score (nSPS) is 10.6. The maximum absolute atomic E-state index is 13.5. The number of aromatic amines is 1. The number of carbonyl (C=O) groups is 2. The van der Waals surface area contributed by atoms with Gasteiger partial charge in [-0.1, -0.05) is 12.1 Å². The molecule has 1 N–H and O–H groups in total. The molecule has 180 valence electrons. The van der Waals surface area contributed by atoms with E-state index in [0.29, 0.717) is 37.4 Å². The van der Waals surface area contributed by atoms with Gasteiger partial charge in [-0.3, -0.25) is 4.79 Å². The molecule has 34 heavy (non-hydrogen) atoms. The lowest BCUT2D eigenvalue weighted by molar-refractivity contribution is 0.0524. The standard InChI is InChI=1S/C27H32N2O5/c1-6-33-23-14-10-21(11-15-23)26(30)29(16-20-8-12-22(32-5)13-9-20)17-24-18(3)25(19(4)28-24)27(31)34-7-2/h8-15,28H,6-7,16-17H2,1-5H3. The third kappa shape index (κ3) is 5.78. The van der Waals surface area contributed by atoms with Crippen LogP contribution in [0.15, 0.2) is 48.5 Å². The van der Waals surface area contributed by atoms with Crippen molar-refractivity contribution in [2.45, 2.75) is 40.8 Å². The van der Waals surface area contributed by atoms with Crippen molar-refractivity contribution in [1.82, 2.24) is 9.88 Å². The van der Waals surface area contributed by atoms with Gasteiger partial charge >= 0.3 is 5.97 Å². The average molecular weight is 465 g/mol. The molecule has 0 saturated heterocycles. The van der Waals surface area contributed by atoms with Crippen molar-refractivity contribution in [2.75, 3.05) is 20.3 Å². The van der Waals surface area contributed by atoms with Crippen LogP contribution in [0.3, 0.4) is 0 Å². The number of hydrogen-bond donors (Lipinski definition) is 1. The van der Waals surface area contributed by atoms with Gasteiger partial charge in [0.25, 0.3) is 5.91 Å². The highest BCUT2D eigenvalue weighted by atomic mass is 16.5. The monoisotopic (exact) mass is 464 g/mol. The summed E-state index contributed by atoms with van der Waals surface area (Å²) in [5, 5.41) is 0. The fourth-order valence-corrected chi connectivity index (χ4v) is 3.87. The lowest BCUT2D eigenvalue weighted by Crippen LogP contribution is -2.30. The number of aryl methyl sites for hydroxylation is 1. The molecule has 0 unspecified atom stereocenters. The molecule has 0 fully saturated rings. The molecule has 0 atom stereocenters. The summed E-state index contributed by atoms with van der Waals surface area (Å²) in [5.74, 6) is 0.987. The van der Waals surface area contributed by atoms with Gasteiger partial charge in [-0.05, 0) is 75.2 Å². The summed E-state index contributed by atoms with van der Waals surface area (Å²) in [6.07, 6.45) is 0. The number of benzene rings is 2. The summed E-state index contributed by atoms with van der Waals surface area (Å²) in [4.78, 5) is 31.0. The topological polar surface area (TPSA) is 80.9 Å². The summed E-state index contributed by atoms with van der Waals surface area (Å²) in [5.41, 5.74) is 4.36. The Kier molecular flexibility index (Phi) is 8.35. The van der Waals surface area contributed by atoms with Crippen LogP contribution >= 0.6 is 0 Å². The van der Waals surface area contributed by atoms with Crippen molar-refractivity contribution in [3.63, 3.8) is 0 Å². The fraction of sp³-hybridized carbons (Fsp3) is 0.333. The first-order valence-corrected chi connectivity index (χ1v) is 11.4. The van der Waals surface area contributed by atoms with Gasteiger partial charge in [0.1, 0.15) is 11.5 Å². The lowest BCUT2D eigenvalue weighted by atomic mass is 10.1. The summed E-state index contributed by atoms with van der Waals surface area (Å²) in [6.45, 7) is 8.97. The van der Waals surface area contributed by atoms with Crippen LogP contribution in [-0.4, -0.2) is 42.1 Å². The van der Waals surface area contributed by atoms with Crippen molar-refractivity contribution < 1.29 is 23.8 Å². The van der Waals surface area contributed by atoms with E-state index in [9.17, 15) is 9.59 Å². The van der Waals surface area contributed by atoms with Crippen molar-refractivity contribution >= 4 is 11.9 Å². The van der Waals surface area contributed by atoms with Crippen molar-refractivity contribution in [1.29, 1.82) is 0 Å². The van der Waals surface area contributed by atoms with Crippen LogP contribution in [0, 0.1) is 13.8 Å². The highest BCUT2D eigenvalue weighted by molar-refractivity contribution is 5.95. The van der Waals surface area contributed by atoms with Gasteiger partial charge in [-0.2, -0.15) is 0 Å². The Bertz CT molecular complexity index is 1120. The largest absolute Gasteiger partial charge is 0.497 e. The second-order valence-corrected chi connectivity index (χ2v) is 7.92. The van der Waals surface area contributed by atoms with Crippen LogP contribution in [0.1, 0.15) is 57.1 Å². The number of hydrogen-bond acceptors (Lipinski definition) is 5. The van der Waals surface area contributed by atoms with E-state index in [1.165, 1.54) is 0 Å². The molecule has 0 spiro atoms. The Labute approximate surface area is 200 Å². The van der Waals surface area contributed by atoms with Crippen molar-refractivity contribution in [2.24, 2.45) is 0 Å². The molecule has 7 nitrogen and oxygen atoms in total. The number of H-pyrrole nitrogens is 1. The van der Waals surface area contributed by atoms with Gasteiger partial charge in [-0.25, -0.2) is 4.79 Å². The lowest BCUT2D eigenvalue weighted by Gasteiger charge is -2.23. The average Bonchev–Trinajstić information content (AvgIpc) is 3.12. The van der Waals surface area contributed by atoms with E-state index in [-0.39, 0.29) is 11.9 Å². The third-order valence-corrected chi connectivity index (χ3v) is 5.60. The molecule has 0 aliphatic heterocycles. The molecule has 1 aromatic heterocycles. The Balaban J connectivity index is 1.92. The number of amides is 1. The summed E-state index contributed by atoms with van der Waals surface area (Å²) >= 11 is 0. The highest BCUT2D eigenvalue weighted by Crippen LogP contribution is 2.23. The molecule has 0 aliphatic rings. The smallest absolute Gasteiger partial charge is 0.340 e. The van der Waals surface area contributed by atoms with Crippen LogP contribution < -0.4 is 9.47 Å². The predicted octanol–water partition coefficient (Wildman–Crippen LogP) is 5.06. The molecule has 1 heterocycles. The van der Waals surface area contributed by atoms with Crippen LogP contribution in [0.25, 0.3) is 0 Å². The predicted molar refractivity (Wildman–Crippen MR) is 130 cm³/mol. The molecule has 3 aromatic rings. The number of carbonyl (C=O) groups excluding carboxylic acids is 2. The molecule has 0 aliphatic carbocycles. The number of rotatable bonds is 10. The zero-order valence-electron chi connectivity index (χ0n) is 20.4. The van der Waals surface area contributed by atoms with Crippen LogP contribution in [-0.2, 0) is 17.8 Å². The van der Waals surface area contributed by atoms with E-state index in [0.717, 1.165) is 34.0 Å². The van der Waals surface area contributed by atoms with Gasteiger partial charge in [-0.15, -0.1) is 0 Å².